The second-order valence-corrected chi connectivity index (χ2v) is 7.17. The normalized spacial score (nSPS) is 10.7. The number of amides is 3. The molecule has 2 N–H and O–H groups in total. The van der Waals surface area contributed by atoms with Gasteiger partial charge in [-0.15, -0.1) is 11.3 Å². The van der Waals surface area contributed by atoms with E-state index in [1.807, 2.05) is 45.0 Å². The number of urea groups is 1. The van der Waals surface area contributed by atoms with Crippen molar-refractivity contribution in [3.8, 4) is 0 Å². The van der Waals surface area contributed by atoms with Crippen LogP contribution in [-0.4, -0.2) is 31.1 Å². The van der Waals surface area contributed by atoms with E-state index in [2.05, 4.69) is 10.6 Å². The molecule has 1 heterocycles. The van der Waals surface area contributed by atoms with Crippen molar-refractivity contribution in [2.45, 2.75) is 27.2 Å². The number of ether oxygens (including phenoxy) is 1. The Labute approximate surface area is 150 Å². The van der Waals surface area contributed by atoms with Crippen LogP contribution < -0.4 is 10.6 Å². The number of carbonyl (C=O) groups is 3. The molecule has 0 unspecified atom stereocenters. The first-order chi connectivity index (χ1) is 11.9. The molecule has 0 spiro atoms. The molecular formula is C18H22N2O4S. The van der Waals surface area contributed by atoms with Crippen molar-refractivity contribution in [2.24, 2.45) is 5.92 Å². The van der Waals surface area contributed by atoms with Crippen molar-refractivity contribution in [3.05, 3.63) is 34.7 Å². The van der Waals surface area contributed by atoms with Crippen LogP contribution in [0, 0.1) is 12.8 Å². The van der Waals surface area contributed by atoms with Gasteiger partial charge in [0.25, 0.3) is 5.91 Å². The number of thiophene rings is 1. The highest BCUT2D eigenvalue weighted by molar-refractivity contribution is 7.21. The van der Waals surface area contributed by atoms with Gasteiger partial charge in [0.2, 0.25) is 0 Å². The van der Waals surface area contributed by atoms with E-state index < -0.39 is 24.5 Å². The van der Waals surface area contributed by atoms with Gasteiger partial charge in [-0.3, -0.25) is 10.1 Å². The predicted octanol–water partition coefficient (Wildman–Crippen LogP) is 3.24. The zero-order chi connectivity index (χ0) is 18.4. The highest BCUT2D eigenvalue weighted by atomic mass is 32.1. The SMILES string of the molecule is Cc1c(C(=O)OCC(=O)NC(=O)NCCC(C)C)sc2ccccc12. The zero-order valence-corrected chi connectivity index (χ0v) is 15.4. The van der Waals surface area contributed by atoms with E-state index in [9.17, 15) is 14.4 Å². The van der Waals surface area contributed by atoms with Crippen LogP contribution in [0.1, 0.15) is 35.5 Å². The van der Waals surface area contributed by atoms with Crippen LogP contribution in [0.5, 0.6) is 0 Å². The first-order valence-corrected chi connectivity index (χ1v) is 8.93. The van der Waals surface area contributed by atoms with E-state index in [0.29, 0.717) is 17.3 Å². The van der Waals surface area contributed by atoms with E-state index in [1.165, 1.54) is 11.3 Å². The number of benzene rings is 1. The second-order valence-electron chi connectivity index (χ2n) is 6.12. The highest BCUT2D eigenvalue weighted by Gasteiger charge is 2.18. The summed E-state index contributed by atoms with van der Waals surface area (Å²) in [5.74, 6) is -0.760. The molecule has 7 heteroatoms. The minimum Gasteiger partial charge on any atom is -0.451 e. The lowest BCUT2D eigenvalue weighted by molar-refractivity contribution is -0.123. The monoisotopic (exact) mass is 362 g/mol. The maximum Gasteiger partial charge on any atom is 0.349 e. The van der Waals surface area contributed by atoms with Crippen LogP contribution >= 0.6 is 11.3 Å². The van der Waals surface area contributed by atoms with Crippen molar-refractivity contribution in [1.82, 2.24) is 10.6 Å². The largest absolute Gasteiger partial charge is 0.451 e. The lowest BCUT2D eigenvalue weighted by Gasteiger charge is -2.08. The van der Waals surface area contributed by atoms with Gasteiger partial charge in [-0.25, -0.2) is 9.59 Å². The summed E-state index contributed by atoms with van der Waals surface area (Å²) in [7, 11) is 0. The Balaban J connectivity index is 1.83. The van der Waals surface area contributed by atoms with Crippen molar-refractivity contribution >= 4 is 39.3 Å². The fraction of sp³-hybridized carbons (Fsp3) is 0.389. The summed E-state index contributed by atoms with van der Waals surface area (Å²) in [4.78, 5) is 35.9. The number of aryl methyl sites for hydroxylation is 1. The molecule has 134 valence electrons. The summed E-state index contributed by atoms with van der Waals surface area (Å²) in [6, 6.07) is 7.09. The molecule has 0 aliphatic carbocycles. The fourth-order valence-corrected chi connectivity index (χ4v) is 3.35. The second kappa shape index (κ2) is 8.62. The fourth-order valence-electron chi connectivity index (χ4n) is 2.25. The maximum atomic E-state index is 12.2. The average Bonchev–Trinajstić information content (AvgIpc) is 2.90. The average molecular weight is 362 g/mol. The molecule has 0 radical (unpaired) electrons. The third kappa shape index (κ3) is 5.29. The topological polar surface area (TPSA) is 84.5 Å². The van der Waals surface area contributed by atoms with E-state index in [-0.39, 0.29) is 0 Å². The Bertz CT molecular complexity index is 782. The molecule has 0 atom stereocenters. The molecule has 6 nitrogen and oxygen atoms in total. The van der Waals surface area contributed by atoms with Crippen LogP contribution in [-0.2, 0) is 9.53 Å². The molecule has 1 aromatic heterocycles. The predicted molar refractivity (Wildman–Crippen MR) is 97.8 cm³/mol. The van der Waals surface area contributed by atoms with Gasteiger partial charge in [-0.1, -0.05) is 32.0 Å². The quantitative estimate of drug-likeness (QED) is 0.773. The Morgan fingerprint density at radius 2 is 1.92 bits per heavy atom. The van der Waals surface area contributed by atoms with Gasteiger partial charge in [-0.2, -0.15) is 0 Å². The Kier molecular flexibility index (Phi) is 6.52. The molecule has 1 aromatic carbocycles. The number of esters is 1. The lowest BCUT2D eigenvalue weighted by Crippen LogP contribution is -2.41. The molecule has 2 aromatic rings. The van der Waals surface area contributed by atoms with Crippen LogP contribution in [0.3, 0.4) is 0 Å². The number of imide groups is 1. The number of carbonyl (C=O) groups excluding carboxylic acids is 3. The molecule has 3 amide bonds. The minimum atomic E-state index is -0.658. The summed E-state index contributed by atoms with van der Waals surface area (Å²) in [5, 5.41) is 5.71. The molecule has 2 rings (SSSR count). The highest BCUT2D eigenvalue weighted by Crippen LogP contribution is 2.30. The molecule has 25 heavy (non-hydrogen) atoms. The van der Waals surface area contributed by atoms with Gasteiger partial charge in [0, 0.05) is 11.2 Å². The molecule has 0 aliphatic rings. The van der Waals surface area contributed by atoms with Crippen molar-refractivity contribution in [1.29, 1.82) is 0 Å². The van der Waals surface area contributed by atoms with Gasteiger partial charge >= 0.3 is 12.0 Å². The minimum absolute atomic E-state index is 0.460. The van der Waals surface area contributed by atoms with Gasteiger partial charge in [0.1, 0.15) is 4.88 Å². The summed E-state index contributed by atoms with van der Waals surface area (Å²) in [5.41, 5.74) is 0.831. The summed E-state index contributed by atoms with van der Waals surface area (Å²) >= 11 is 1.33. The summed E-state index contributed by atoms with van der Waals surface area (Å²) in [6.45, 7) is 5.92. The van der Waals surface area contributed by atoms with Crippen molar-refractivity contribution in [3.63, 3.8) is 0 Å². The number of hydrogen-bond acceptors (Lipinski definition) is 5. The first kappa shape index (κ1) is 18.9. The van der Waals surface area contributed by atoms with Gasteiger partial charge < -0.3 is 10.1 Å². The maximum absolute atomic E-state index is 12.2. The standard InChI is InChI=1S/C18H22N2O4S/c1-11(2)8-9-19-18(23)20-15(21)10-24-17(22)16-12(3)13-6-4-5-7-14(13)25-16/h4-7,11H,8-10H2,1-3H3,(H2,19,20,21,23). The number of fused-ring (bicyclic) bond motifs is 1. The molecule has 0 saturated heterocycles. The van der Waals surface area contributed by atoms with Crippen molar-refractivity contribution < 1.29 is 19.1 Å². The third-order valence-electron chi connectivity index (χ3n) is 3.62. The molecule has 0 fully saturated rings. The summed E-state index contributed by atoms with van der Waals surface area (Å²) in [6.07, 6.45) is 0.821. The molecule has 0 aliphatic heterocycles. The Morgan fingerprint density at radius 1 is 1.20 bits per heavy atom. The number of nitrogens with one attached hydrogen (secondary N) is 2. The van der Waals surface area contributed by atoms with Gasteiger partial charge in [-0.05, 0) is 36.3 Å². The lowest BCUT2D eigenvalue weighted by atomic mass is 10.1. The number of hydrogen-bond donors (Lipinski definition) is 2. The first-order valence-electron chi connectivity index (χ1n) is 8.11. The van der Waals surface area contributed by atoms with Crippen LogP contribution in [0.4, 0.5) is 4.79 Å². The zero-order valence-electron chi connectivity index (χ0n) is 14.5. The Morgan fingerprint density at radius 3 is 2.60 bits per heavy atom. The van der Waals surface area contributed by atoms with Crippen LogP contribution in [0.25, 0.3) is 10.1 Å². The van der Waals surface area contributed by atoms with Gasteiger partial charge in [0.05, 0.1) is 0 Å². The number of rotatable bonds is 6. The van der Waals surface area contributed by atoms with E-state index in [4.69, 9.17) is 4.74 Å². The summed E-state index contributed by atoms with van der Waals surface area (Å²) < 4.78 is 6.01. The Hall–Kier alpha value is -2.41. The van der Waals surface area contributed by atoms with E-state index in [0.717, 1.165) is 22.1 Å². The third-order valence-corrected chi connectivity index (χ3v) is 4.88. The molecule has 0 bridgehead atoms. The molecular weight excluding hydrogens is 340 g/mol. The van der Waals surface area contributed by atoms with Crippen molar-refractivity contribution in [2.75, 3.05) is 13.2 Å². The molecule has 0 saturated carbocycles. The van der Waals surface area contributed by atoms with Crippen LogP contribution in [0.2, 0.25) is 0 Å². The van der Waals surface area contributed by atoms with Gasteiger partial charge in [0.15, 0.2) is 6.61 Å². The van der Waals surface area contributed by atoms with E-state index in [1.54, 1.807) is 0 Å². The van der Waals surface area contributed by atoms with E-state index >= 15 is 0 Å². The smallest absolute Gasteiger partial charge is 0.349 e. The van der Waals surface area contributed by atoms with Crippen LogP contribution in [0.15, 0.2) is 24.3 Å².